The first-order chi connectivity index (χ1) is 16.1. The molecule has 2 fully saturated rings. The first kappa shape index (κ1) is 28.2. The zero-order chi connectivity index (χ0) is 26.2. The minimum Gasteiger partial charge on any atom is -0.464 e. The van der Waals surface area contributed by atoms with Crippen LogP contribution in [0.25, 0.3) is 0 Å². The number of rotatable bonds is 9. The summed E-state index contributed by atoms with van der Waals surface area (Å²) in [4.78, 5) is 39.0. The third kappa shape index (κ3) is 6.90. The molecule has 0 aromatic carbocycles. The van der Waals surface area contributed by atoms with Gasteiger partial charge in [-0.2, -0.15) is 5.26 Å². The summed E-state index contributed by atoms with van der Waals surface area (Å²) in [5, 5.41) is 9.76. The van der Waals surface area contributed by atoms with E-state index in [4.69, 9.17) is 17.0 Å². The summed E-state index contributed by atoms with van der Waals surface area (Å²) in [7, 11) is 0. The van der Waals surface area contributed by atoms with Gasteiger partial charge < -0.3 is 4.74 Å². The van der Waals surface area contributed by atoms with Crippen LogP contribution in [0.5, 0.6) is 0 Å². The molecule has 0 aromatic heterocycles. The van der Waals surface area contributed by atoms with E-state index in [1.54, 1.807) is 18.7 Å². The Kier molecular flexibility index (Phi) is 8.50. The van der Waals surface area contributed by atoms with Crippen molar-refractivity contribution in [2.45, 2.75) is 76.7 Å². The second kappa shape index (κ2) is 10.5. The second-order valence-corrected chi connectivity index (χ2v) is 16.3. The van der Waals surface area contributed by atoms with Crippen molar-refractivity contribution in [3.63, 3.8) is 0 Å². The Labute approximate surface area is 223 Å². The molecule has 1 saturated heterocycles. The molecule has 1 aliphatic heterocycles. The van der Waals surface area contributed by atoms with Gasteiger partial charge in [0.15, 0.2) is 0 Å². The lowest BCUT2D eigenvalue weighted by molar-refractivity contribution is -0.149. The Morgan fingerprint density at radius 3 is 2.20 bits per heavy atom. The maximum atomic E-state index is 12.7. The number of esters is 1. The number of hydrogen-bond donors (Lipinski definition) is 0. The van der Waals surface area contributed by atoms with Crippen LogP contribution in [0.2, 0.25) is 0 Å². The molecule has 192 valence electrons. The molecule has 5 atom stereocenters. The number of imide groups is 1. The van der Waals surface area contributed by atoms with Gasteiger partial charge in [-0.05, 0) is 43.4 Å². The Bertz CT molecular complexity index is 935. The Morgan fingerprint density at radius 2 is 1.69 bits per heavy atom. The van der Waals surface area contributed by atoms with Gasteiger partial charge in [0.05, 0.1) is 24.4 Å². The molecule has 0 N–H and O–H groups in total. The van der Waals surface area contributed by atoms with E-state index in [1.165, 1.54) is 16.7 Å². The van der Waals surface area contributed by atoms with E-state index in [9.17, 15) is 19.6 Å². The molecule has 0 radical (unpaired) electrons. The lowest BCUT2D eigenvalue weighted by Crippen LogP contribution is -2.36. The largest absolute Gasteiger partial charge is 0.464 e. The van der Waals surface area contributed by atoms with Crippen LogP contribution in [0.15, 0.2) is 12.2 Å². The Balaban J connectivity index is 1.42. The van der Waals surface area contributed by atoms with E-state index in [0.717, 1.165) is 12.8 Å². The molecule has 35 heavy (non-hydrogen) atoms. The SMILES string of the molecule is CC(C)(C)CC(C)(C)SC(=S)SC(C)(C#N)CCC(=O)OCCN1C(=O)C2C3C=CC(C3)C2C1=O. The molecule has 1 heterocycles. The van der Waals surface area contributed by atoms with Crippen LogP contribution in [0.4, 0.5) is 0 Å². The van der Waals surface area contributed by atoms with Crippen molar-refractivity contribution in [1.29, 1.82) is 5.26 Å². The molecule has 0 spiro atoms. The molecular formula is C26H36N2O4S3. The molecule has 5 unspecified atom stereocenters. The summed E-state index contributed by atoms with van der Waals surface area (Å²) in [6.07, 6.45) is 6.34. The van der Waals surface area contributed by atoms with Crippen LogP contribution < -0.4 is 0 Å². The fraction of sp³-hybridized carbons (Fsp3) is 0.731. The molecule has 3 rings (SSSR count). The van der Waals surface area contributed by atoms with E-state index in [1.807, 2.05) is 0 Å². The van der Waals surface area contributed by atoms with Crippen LogP contribution in [0.1, 0.15) is 67.2 Å². The molecule has 2 aliphatic carbocycles. The van der Waals surface area contributed by atoms with Crippen LogP contribution in [-0.2, 0) is 19.1 Å². The number of carbonyl (C=O) groups is 3. The summed E-state index contributed by atoms with van der Waals surface area (Å²) in [5.41, 5.74) is 0.165. The summed E-state index contributed by atoms with van der Waals surface area (Å²) in [6, 6.07) is 2.30. The van der Waals surface area contributed by atoms with Crippen LogP contribution >= 0.6 is 35.7 Å². The smallest absolute Gasteiger partial charge is 0.305 e. The van der Waals surface area contributed by atoms with Crippen molar-refractivity contribution in [3.05, 3.63) is 12.2 Å². The summed E-state index contributed by atoms with van der Waals surface area (Å²) in [5.74, 6) is -0.867. The number of allylic oxidation sites excluding steroid dienone is 2. The second-order valence-electron chi connectivity index (χ2n) is 11.8. The molecule has 9 heteroatoms. The molecule has 2 bridgehead atoms. The third-order valence-electron chi connectivity index (χ3n) is 6.81. The van der Waals surface area contributed by atoms with Crippen LogP contribution in [0.3, 0.4) is 0 Å². The number of likely N-dealkylation sites (tertiary alicyclic amines) is 1. The fourth-order valence-electron chi connectivity index (χ4n) is 5.72. The summed E-state index contributed by atoms with van der Waals surface area (Å²) >= 11 is 8.50. The fourth-order valence-corrected chi connectivity index (χ4v) is 9.92. The summed E-state index contributed by atoms with van der Waals surface area (Å²) < 4.78 is 5.11. The highest BCUT2D eigenvalue weighted by atomic mass is 32.2. The standard InChI is InChI=1S/C26H36N2O4S3/c1-24(2,3)14-25(4,5)34-23(33)35-26(6,15-27)10-9-18(29)32-12-11-28-21(30)19-16-7-8-17(13-16)20(19)22(28)31/h7-8,16-17,19-20H,9-14H2,1-6H3. The zero-order valence-electron chi connectivity index (χ0n) is 21.5. The molecule has 3 aliphatic rings. The molecule has 6 nitrogen and oxygen atoms in total. The highest BCUT2D eigenvalue weighted by Crippen LogP contribution is 2.52. The first-order valence-electron chi connectivity index (χ1n) is 12.2. The van der Waals surface area contributed by atoms with E-state index in [-0.39, 0.29) is 65.2 Å². The van der Waals surface area contributed by atoms with Crippen molar-refractivity contribution in [1.82, 2.24) is 4.90 Å². The Morgan fingerprint density at radius 1 is 1.11 bits per heavy atom. The predicted molar refractivity (Wildman–Crippen MR) is 145 cm³/mol. The van der Waals surface area contributed by atoms with Crippen molar-refractivity contribution in [2.24, 2.45) is 29.1 Å². The first-order valence-corrected chi connectivity index (χ1v) is 14.2. The van der Waals surface area contributed by atoms with Gasteiger partial charge in [-0.3, -0.25) is 19.3 Å². The number of thiocarbonyl (C=S) groups is 1. The zero-order valence-corrected chi connectivity index (χ0v) is 23.9. The van der Waals surface area contributed by atoms with E-state index in [2.05, 4.69) is 52.8 Å². The van der Waals surface area contributed by atoms with Crippen LogP contribution in [0, 0.1) is 40.4 Å². The van der Waals surface area contributed by atoms with Gasteiger partial charge in [0.1, 0.15) is 14.9 Å². The molecule has 0 aromatic rings. The van der Waals surface area contributed by atoms with Crippen molar-refractivity contribution >= 4 is 57.1 Å². The number of nitriles is 1. The normalized spacial score (nSPS) is 27.1. The number of hydrogen-bond acceptors (Lipinski definition) is 8. The Hall–Kier alpha value is -1.37. The predicted octanol–water partition coefficient (Wildman–Crippen LogP) is 5.37. The van der Waals surface area contributed by atoms with Gasteiger partial charge in [0.2, 0.25) is 11.8 Å². The van der Waals surface area contributed by atoms with Gasteiger partial charge in [0, 0.05) is 11.2 Å². The number of thioether (sulfide) groups is 2. The van der Waals surface area contributed by atoms with Gasteiger partial charge in [-0.15, -0.1) is 11.8 Å². The molecule has 2 amide bonds. The van der Waals surface area contributed by atoms with E-state index >= 15 is 0 Å². The van der Waals surface area contributed by atoms with E-state index < -0.39 is 10.7 Å². The molecule has 1 saturated carbocycles. The minimum atomic E-state index is -0.842. The maximum Gasteiger partial charge on any atom is 0.305 e. The number of amides is 2. The lowest BCUT2D eigenvalue weighted by atomic mass is 9.85. The highest BCUT2D eigenvalue weighted by Gasteiger charge is 2.59. The van der Waals surface area contributed by atoms with Gasteiger partial charge in [-0.25, -0.2) is 0 Å². The lowest BCUT2D eigenvalue weighted by Gasteiger charge is -2.32. The van der Waals surface area contributed by atoms with Gasteiger partial charge >= 0.3 is 5.97 Å². The number of fused-ring (bicyclic) bond motifs is 5. The van der Waals surface area contributed by atoms with E-state index in [0.29, 0.717) is 9.95 Å². The number of ether oxygens (including phenoxy) is 1. The number of carbonyl (C=O) groups excluding carboxylic acids is 3. The van der Waals surface area contributed by atoms with Crippen molar-refractivity contribution in [2.75, 3.05) is 13.2 Å². The van der Waals surface area contributed by atoms with Gasteiger partial charge in [-0.1, -0.05) is 70.8 Å². The monoisotopic (exact) mass is 536 g/mol. The quantitative estimate of drug-likeness (QED) is 0.168. The minimum absolute atomic E-state index is 0.0236. The van der Waals surface area contributed by atoms with Crippen molar-refractivity contribution in [3.8, 4) is 6.07 Å². The van der Waals surface area contributed by atoms with Crippen molar-refractivity contribution < 1.29 is 19.1 Å². The van der Waals surface area contributed by atoms with Gasteiger partial charge in [0.25, 0.3) is 0 Å². The number of nitrogens with zero attached hydrogens (tertiary/aromatic N) is 2. The summed E-state index contributed by atoms with van der Waals surface area (Å²) in [6.45, 7) is 12.7. The average molecular weight is 537 g/mol. The topological polar surface area (TPSA) is 87.5 Å². The average Bonchev–Trinajstić information content (AvgIpc) is 3.39. The highest BCUT2D eigenvalue weighted by molar-refractivity contribution is 8.48. The third-order valence-corrected chi connectivity index (χ3v) is 9.58. The molecular weight excluding hydrogens is 500 g/mol. The van der Waals surface area contributed by atoms with Crippen LogP contribution in [-0.4, -0.2) is 48.9 Å². The maximum absolute atomic E-state index is 12.7.